The molecular weight excluding hydrogens is 200 g/mol. The molecule has 0 saturated heterocycles. The molecule has 0 atom stereocenters. The lowest BCUT2D eigenvalue weighted by molar-refractivity contribution is 0.478. The van der Waals surface area contributed by atoms with E-state index in [4.69, 9.17) is 0 Å². The maximum atomic E-state index is 10.1. The molecule has 3 heteroatoms. The number of benzene rings is 1. The van der Waals surface area contributed by atoms with Crippen LogP contribution in [0.1, 0.15) is 33.3 Å². The highest BCUT2D eigenvalue weighted by Gasteiger charge is 2.10. The summed E-state index contributed by atoms with van der Waals surface area (Å²) < 4.78 is 0. The molecule has 1 aromatic rings. The molecule has 0 amide bonds. The van der Waals surface area contributed by atoms with Crippen LogP contribution in [0.3, 0.4) is 0 Å². The van der Waals surface area contributed by atoms with Crippen molar-refractivity contribution in [1.82, 2.24) is 0 Å². The number of anilines is 2. The predicted molar refractivity (Wildman–Crippen MR) is 70.4 cm³/mol. The van der Waals surface area contributed by atoms with Gasteiger partial charge in [-0.1, -0.05) is 0 Å². The van der Waals surface area contributed by atoms with Crippen molar-refractivity contribution in [1.29, 1.82) is 0 Å². The van der Waals surface area contributed by atoms with Gasteiger partial charge in [0, 0.05) is 12.1 Å². The van der Waals surface area contributed by atoms with Crippen molar-refractivity contribution in [2.45, 2.75) is 46.7 Å². The van der Waals surface area contributed by atoms with E-state index in [1.54, 1.807) is 0 Å². The van der Waals surface area contributed by atoms with Crippen LogP contribution in [0.5, 0.6) is 5.75 Å². The average molecular weight is 222 g/mol. The Bertz CT molecular complexity index is 328. The second kappa shape index (κ2) is 5.10. The number of aromatic hydroxyl groups is 1. The van der Waals surface area contributed by atoms with Gasteiger partial charge in [-0.05, 0) is 52.3 Å². The minimum absolute atomic E-state index is 0.299. The Hall–Kier alpha value is -1.38. The zero-order valence-electron chi connectivity index (χ0n) is 10.8. The summed E-state index contributed by atoms with van der Waals surface area (Å²) >= 11 is 0. The van der Waals surface area contributed by atoms with Gasteiger partial charge in [0.25, 0.3) is 0 Å². The van der Waals surface area contributed by atoms with Crippen LogP contribution in [0, 0.1) is 6.92 Å². The van der Waals surface area contributed by atoms with Gasteiger partial charge in [-0.25, -0.2) is 0 Å². The van der Waals surface area contributed by atoms with Gasteiger partial charge >= 0.3 is 0 Å². The van der Waals surface area contributed by atoms with Gasteiger partial charge in [-0.15, -0.1) is 0 Å². The van der Waals surface area contributed by atoms with Crippen molar-refractivity contribution in [2.24, 2.45) is 0 Å². The highest BCUT2D eigenvalue weighted by atomic mass is 16.3. The number of hydrogen-bond acceptors (Lipinski definition) is 3. The Morgan fingerprint density at radius 1 is 0.938 bits per heavy atom. The highest BCUT2D eigenvalue weighted by Crippen LogP contribution is 2.34. The number of hydrogen-bond donors (Lipinski definition) is 3. The van der Waals surface area contributed by atoms with Gasteiger partial charge in [-0.2, -0.15) is 0 Å². The molecule has 0 saturated carbocycles. The fraction of sp³-hybridized carbons (Fsp3) is 0.538. The molecule has 0 heterocycles. The molecule has 0 spiro atoms. The Labute approximate surface area is 97.9 Å². The van der Waals surface area contributed by atoms with Gasteiger partial charge in [0.1, 0.15) is 0 Å². The fourth-order valence-electron chi connectivity index (χ4n) is 1.62. The van der Waals surface area contributed by atoms with Gasteiger partial charge in [-0.3, -0.25) is 0 Å². The summed E-state index contributed by atoms with van der Waals surface area (Å²) in [6.07, 6.45) is 0. The van der Waals surface area contributed by atoms with Crippen molar-refractivity contribution in [3.05, 3.63) is 17.7 Å². The first-order chi connectivity index (χ1) is 7.40. The molecule has 0 aromatic heterocycles. The number of aryl methyl sites for hydroxylation is 1. The lowest BCUT2D eigenvalue weighted by Crippen LogP contribution is -2.13. The minimum Gasteiger partial charge on any atom is -0.504 e. The topological polar surface area (TPSA) is 44.3 Å². The van der Waals surface area contributed by atoms with E-state index in [-0.39, 0.29) is 0 Å². The van der Waals surface area contributed by atoms with E-state index in [0.717, 1.165) is 16.9 Å². The minimum atomic E-state index is 0.299. The average Bonchev–Trinajstić information content (AvgIpc) is 2.11. The van der Waals surface area contributed by atoms with E-state index in [1.807, 2.05) is 19.1 Å². The normalized spacial score (nSPS) is 10.9. The van der Waals surface area contributed by atoms with Crippen molar-refractivity contribution >= 4 is 11.4 Å². The summed E-state index contributed by atoms with van der Waals surface area (Å²) in [7, 11) is 0. The smallest absolute Gasteiger partial charge is 0.162 e. The first-order valence-corrected chi connectivity index (χ1v) is 5.77. The third-order valence-corrected chi connectivity index (χ3v) is 2.14. The van der Waals surface area contributed by atoms with Gasteiger partial charge < -0.3 is 15.7 Å². The predicted octanol–water partition coefficient (Wildman–Crippen LogP) is 3.34. The van der Waals surface area contributed by atoms with E-state index in [9.17, 15) is 5.11 Å². The second-order valence-electron chi connectivity index (χ2n) is 4.81. The Morgan fingerprint density at radius 3 is 1.62 bits per heavy atom. The largest absolute Gasteiger partial charge is 0.504 e. The van der Waals surface area contributed by atoms with E-state index < -0.39 is 0 Å². The first kappa shape index (κ1) is 12.7. The number of rotatable bonds is 4. The van der Waals surface area contributed by atoms with Crippen LogP contribution in [0.2, 0.25) is 0 Å². The summed E-state index contributed by atoms with van der Waals surface area (Å²) in [5.74, 6) is 0.299. The molecule has 0 radical (unpaired) electrons. The Balaban J connectivity index is 3.05. The first-order valence-electron chi connectivity index (χ1n) is 5.77. The molecule has 0 aliphatic carbocycles. The third-order valence-electron chi connectivity index (χ3n) is 2.14. The molecule has 1 rings (SSSR count). The molecular formula is C13H22N2O. The molecule has 0 bridgehead atoms. The number of phenolic OH excluding ortho intramolecular Hbond substituents is 1. The maximum Gasteiger partial charge on any atom is 0.162 e. The molecule has 0 aliphatic rings. The zero-order valence-corrected chi connectivity index (χ0v) is 10.8. The zero-order chi connectivity index (χ0) is 12.3. The van der Waals surface area contributed by atoms with E-state index in [2.05, 4.69) is 38.3 Å². The molecule has 3 N–H and O–H groups in total. The quantitative estimate of drug-likeness (QED) is 0.685. The highest BCUT2D eigenvalue weighted by molar-refractivity contribution is 5.72. The lowest BCUT2D eigenvalue weighted by atomic mass is 10.1. The Morgan fingerprint density at radius 2 is 1.31 bits per heavy atom. The van der Waals surface area contributed by atoms with Gasteiger partial charge in [0.15, 0.2) is 5.75 Å². The van der Waals surface area contributed by atoms with Gasteiger partial charge in [0.2, 0.25) is 0 Å². The monoisotopic (exact) mass is 222 g/mol. The Kier molecular flexibility index (Phi) is 4.05. The van der Waals surface area contributed by atoms with Crippen molar-refractivity contribution in [3.63, 3.8) is 0 Å². The van der Waals surface area contributed by atoms with Crippen molar-refractivity contribution in [2.75, 3.05) is 10.6 Å². The van der Waals surface area contributed by atoms with Gasteiger partial charge in [0.05, 0.1) is 11.4 Å². The van der Waals surface area contributed by atoms with Crippen LogP contribution in [0.25, 0.3) is 0 Å². The number of phenols is 1. The molecule has 3 nitrogen and oxygen atoms in total. The maximum absolute atomic E-state index is 10.1. The van der Waals surface area contributed by atoms with Crippen LogP contribution in [0.15, 0.2) is 12.1 Å². The summed E-state index contributed by atoms with van der Waals surface area (Å²) in [5.41, 5.74) is 2.71. The molecule has 16 heavy (non-hydrogen) atoms. The number of nitrogens with one attached hydrogen (secondary N) is 2. The summed E-state index contributed by atoms with van der Waals surface area (Å²) in [6, 6.07) is 4.53. The van der Waals surface area contributed by atoms with E-state index in [1.165, 1.54) is 0 Å². The van der Waals surface area contributed by atoms with Crippen LogP contribution in [-0.2, 0) is 0 Å². The van der Waals surface area contributed by atoms with Crippen LogP contribution < -0.4 is 10.6 Å². The van der Waals surface area contributed by atoms with E-state index in [0.29, 0.717) is 17.8 Å². The second-order valence-corrected chi connectivity index (χ2v) is 4.81. The van der Waals surface area contributed by atoms with Crippen molar-refractivity contribution < 1.29 is 5.11 Å². The standard InChI is InChI=1S/C13H22N2O/c1-8(2)14-11-6-10(5)7-12(13(11)16)15-9(3)4/h6-9,14-16H,1-5H3. The lowest BCUT2D eigenvalue weighted by Gasteiger charge is -2.18. The summed E-state index contributed by atoms with van der Waals surface area (Å²) in [6.45, 7) is 10.2. The van der Waals surface area contributed by atoms with Crippen LogP contribution in [-0.4, -0.2) is 17.2 Å². The SMILES string of the molecule is Cc1cc(NC(C)C)c(O)c(NC(C)C)c1. The molecule has 0 fully saturated rings. The fourth-order valence-corrected chi connectivity index (χ4v) is 1.62. The third kappa shape index (κ3) is 3.33. The molecule has 0 aliphatic heterocycles. The molecule has 90 valence electrons. The van der Waals surface area contributed by atoms with Crippen LogP contribution in [0.4, 0.5) is 11.4 Å². The van der Waals surface area contributed by atoms with E-state index >= 15 is 0 Å². The molecule has 0 unspecified atom stereocenters. The summed E-state index contributed by atoms with van der Waals surface area (Å²) in [4.78, 5) is 0. The van der Waals surface area contributed by atoms with Crippen LogP contribution >= 0.6 is 0 Å². The van der Waals surface area contributed by atoms with Crippen molar-refractivity contribution in [3.8, 4) is 5.75 Å². The summed E-state index contributed by atoms with van der Waals surface area (Å²) in [5, 5.41) is 16.6. The molecule has 1 aromatic carbocycles.